The number of hydrogen-bond donors (Lipinski definition) is 4. The standard InChI is InChI=1S/2C25H41NO4S.2Na/c2*1-3-4-5-6-7-8-9-12-20-15-17-21(18-16-20)22(26-23(19-31)25(28)29)13-10-11-14-24(27)30-2;;/h2*15-18,22-23,26,31H,3-14,19H2,1-2H3,(H,28,29);;/q;;2*+1/p-2/t2*22?,23-;;/m00../s1. The third-order valence-corrected chi connectivity index (χ3v) is 12.1. The summed E-state index contributed by atoms with van der Waals surface area (Å²) >= 11 is 8.27. The fourth-order valence-corrected chi connectivity index (χ4v) is 7.92. The van der Waals surface area contributed by atoms with Gasteiger partial charge >= 0.3 is 71.1 Å². The number of ether oxygens (including phenoxy) is 2. The van der Waals surface area contributed by atoms with Gasteiger partial charge in [0.1, 0.15) is 0 Å². The van der Waals surface area contributed by atoms with Crippen molar-refractivity contribution in [2.24, 2.45) is 0 Å². The molecule has 2 unspecified atom stereocenters. The number of aliphatic carboxylic acids is 2. The van der Waals surface area contributed by atoms with Gasteiger partial charge in [-0.15, -0.1) is 0 Å². The summed E-state index contributed by atoms with van der Waals surface area (Å²) < 4.78 is 9.36. The van der Waals surface area contributed by atoms with Crippen molar-refractivity contribution in [2.45, 2.75) is 192 Å². The van der Waals surface area contributed by atoms with E-state index in [1.54, 1.807) is 0 Å². The second kappa shape index (κ2) is 43.2. The first kappa shape index (κ1) is 65.0. The van der Waals surface area contributed by atoms with Crippen molar-refractivity contribution in [3.63, 3.8) is 0 Å². The van der Waals surface area contributed by atoms with Crippen LogP contribution in [0.3, 0.4) is 0 Å². The molecule has 0 spiro atoms. The molecule has 4 atom stereocenters. The number of carbonyl (C=O) groups excluding carboxylic acids is 4. The van der Waals surface area contributed by atoms with E-state index in [1.165, 1.54) is 115 Å². The summed E-state index contributed by atoms with van der Waals surface area (Å²) in [4.78, 5) is 45.3. The molecule has 14 heteroatoms. The quantitative estimate of drug-likeness (QED) is 0.0347. The fraction of sp³-hybridized carbons (Fsp3) is 0.680. The molecular weight excluding hydrogens is 867 g/mol. The predicted molar refractivity (Wildman–Crippen MR) is 254 cm³/mol. The van der Waals surface area contributed by atoms with Crippen LogP contribution in [0.1, 0.15) is 189 Å². The van der Waals surface area contributed by atoms with Crippen molar-refractivity contribution >= 4 is 49.1 Å². The molecule has 0 fully saturated rings. The molecule has 0 aliphatic heterocycles. The van der Waals surface area contributed by atoms with Crippen molar-refractivity contribution in [3.8, 4) is 0 Å². The largest absolute Gasteiger partial charge is 1.00 e. The molecule has 10 nitrogen and oxygen atoms in total. The van der Waals surface area contributed by atoms with Crippen LogP contribution in [0.15, 0.2) is 48.5 Å². The SMILES string of the molecule is CCCCCCCCCc1ccc(C(CCCCC(=O)OC)N[C@@H](CS)C(=O)[O-])cc1.CCCCCCCCCc1ccc(C(CCCCC(=O)OC)N[C@@H](CS)C(=O)[O-])cc1.[Na+].[Na+]. The van der Waals surface area contributed by atoms with E-state index in [9.17, 15) is 29.4 Å². The van der Waals surface area contributed by atoms with E-state index in [4.69, 9.17) is 0 Å². The number of thiol groups is 2. The van der Waals surface area contributed by atoms with E-state index in [-0.39, 0.29) is 94.6 Å². The van der Waals surface area contributed by atoms with E-state index in [2.05, 4.69) is 108 Å². The molecular formula is C50H80N2Na2O8S2. The third kappa shape index (κ3) is 31.8. The van der Waals surface area contributed by atoms with Gasteiger partial charge in [-0.25, -0.2) is 0 Å². The molecule has 0 saturated carbocycles. The van der Waals surface area contributed by atoms with E-state index in [0.29, 0.717) is 25.7 Å². The minimum Gasteiger partial charge on any atom is -0.548 e. The molecule has 0 saturated heterocycles. The number of carbonyl (C=O) groups is 4. The predicted octanol–water partition coefficient (Wildman–Crippen LogP) is 2.79. The number of unbranched alkanes of at least 4 members (excludes halogenated alkanes) is 14. The molecule has 0 aliphatic carbocycles. The Bertz CT molecular complexity index is 1360. The number of nitrogens with one attached hydrogen (secondary N) is 2. The van der Waals surface area contributed by atoms with Crippen LogP contribution in [0.4, 0.5) is 0 Å². The molecule has 0 aromatic heterocycles. The Kier molecular flexibility index (Phi) is 43.9. The topological polar surface area (TPSA) is 157 Å². The number of benzene rings is 2. The summed E-state index contributed by atoms with van der Waals surface area (Å²) in [7, 11) is 2.77. The van der Waals surface area contributed by atoms with Crippen molar-refractivity contribution in [3.05, 3.63) is 70.8 Å². The third-order valence-electron chi connectivity index (χ3n) is 11.3. The molecule has 0 heterocycles. The monoisotopic (exact) mass is 947 g/mol. The van der Waals surface area contributed by atoms with Gasteiger partial charge in [0.25, 0.3) is 0 Å². The zero-order chi connectivity index (χ0) is 45.8. The smallest absolute Gasteiger partial charge is 0.548 e. The average molecular weight is 947 g/mol. The average Bonchev–Trinajstić information content (AvgIpc) is 3.28. The van der Waals surface area contributed by atoms with E-state index < -0.39 is 24.0 Å². The van der Waals surface area contributed by atoms with E-state index in [0.717, 1.165) is 49.7 Å². The Balaban J connectivity index is 0. The number of esters is 2. The van der Waals surface area contributed by atoms with Gasteiger partial charge in [0.2, 0.25) is 0 Å². The first-order valence-corrected chi connectivity index (χ1v) is 24.8. The van der Waals surface area contributed by atoms with Crippen LogP contribution in [0.25, 0.3) is 0 Å². The zero-order valence-corrected chi connectivity index (χ0v) is 46.3. The molecule has 2 N–H and O–H groups in total. The van der Waals surface area contributed by atoms with Gasteiger partial charge in [0.15, 0.2) is 0 Å². The number of rotatable bonds is 36. The van der Waals surface area contributed by atoms with E-state index in [1.807, 2.05) is 0 Å². The summed E-state index contributed by atoms with van der Waals surface area (Å²) in [6.45, 7) is 4.48. The Hall–Kier alpha value is -1.06. The number of carboxylic acids is 2. The summed E-state index contributed by atoms with van der Waals surface area (Å²) in [6.07, 6.45) is 25.5. The number of methoxy groups -OCH3 is 2. The molecule has 352 valence electrons. The van der Waals surface area contributed by atoms with Crippen molar-refractivity contribution in [1.29, 1.82) is 0 Å². The Morgan fingerprint density at radius 2 is 0.812 bits per heavy atom. The summed E-state index contributed by atoms with van der Waals surface area (Å²) in [6, 6.07) is 15.0. The molecule has 0 radical (unpaired) electrons. The van der Waals surface area contributed by atoms with Gasteiger partial charge in [0, 0.05) is 36.4 Å². The summed E-state index contributed by atoms with van der Waals surface area (Å²) in [5.41, 5.74) is 4.73. The minimum atomic E-state index is -1.15. The van der Waals surface area contributed by atoms with Crippen LogP contribution in [-0.2, 0) is 41.5 Å². The minimum absolute atomic E-state index is 0. The van der Waals surface area contributed by atoms with Crippen LogP contribution in [0.2, 0.25) is 0 Å². The maximum atomic E-state index is 11.4. The van der Waals surface area contributed by atoms with Gasteiger partial charge in [-0.1, -0.05) is 152 Å². The van der Waals surface area contributed by atoms with Crippen LogP contribution in [-0.4, -0.2) is 61.7 Å². The molecule has 0 bridgehead atoms. The van der Waals surface area contributed by atoms with Crippen LogP contribution in [0, 0.1) is 0 Å². The second-order valence-electron chi connectivity index (χ2n) is 16.4. The summed E-state index contributed by atoms with van der Waals surface area (Å²) in [5.74, 6) is -2.41. The first-order valence-electron chi connectivity index (χ1n) is 23.5. The normalized spacial score (nSPS) is 12.6. The Labute approximate surface area is 442 Å². The molecule has 64 heavy (non-hydrogen) atoms. The van der Waals surface area contributed by atoms with Crippen LogP contribution < -0.4 is 80.0 Å². The maximum Gasteiger partial charge on any atom is 1.00 e. The zero-order valence-electron chi connectivity index (χ0n) is 40.5. The number of aryl methyl sites for hydroxylation is 2. The first-order chi connectivity index (χ1) is 30.0. The molecule has 0 amide bonds. The van der Waals surface area contributed by atoms with Crippen molar-refractivity contribution in [2.75, 3.05) is 25.7 Å². The molecule has 2 aromatic rings. The number of carboxylic acid groups (broad SMARTS) is 2. The van der Waals surface area contributed by atoms with Crippen molar-refractivity contribution < 1.29 is 98.0 Å². The van der Waals surface area contributed by atoms with Gasteiger partial charge in [-0.3, -0.25) is 9.59 Å². The van der Waals surface area contributed by atoms with Gasteiger partial charge < -0.3 is 39.9 Å². The van der Waals surface area contributed by atoms with E-state index >= 15 is 0 Å². The molecule has 2 aromatic carbocycles. The number of hydrogen-bond acceptors (Lipinski definition) is 12. The Morgan fingerprint density at radius 3 is 1.09 bits per heavy atom. The fourth-order valence-electron chi connectivity index (χ4n) is 7.41. The van der Waals surface area contributed by atoms with Crippen LogP contribution >= 0.6 is 25.3 Å². The van der Waals surface area contributed by atoms with Crippen LogP contribution in [0.5, 0.6) is 0 Å². The molecule has 0 aliphatic rings. The second-order valence-corrected chi connectivity index (χ2v) is 17.1. The maximum absolute atomic E-state index is 11.4. The van der Waals surface area contributed by atoms with Crippen molar-refractivity contribution in [1.82, 2.24) is 10.6 Å². The molecule has 2 rings (SSSR count). The van der Waals surface area contributed by atoms with Gasteiger partial charge in [-0.2, -0.15) is 25.3 Å². The summed E-state index contributed by atoms with van der Waals surface area (Å²) in [5, 5.41) is 29.0. The van der Waals surface area contributed by atoms with Gasteiger partial charge in [-0.05, 0) is 73.6 Å². The Morgan fingerprint density at radius 1 is 0.500 bits per heavy atom. The van der Waals surface area contributed by atoms with Gasteiger partial charge in [0.05, 0.1) is 38.2 Å².